The van der Waals surface area contributed by atoms with Crippen molar-refractivity contribution in [1.29, 1.82) is 0 Å². The molecule has 0 atom stereocenters. The van der Waals surface area contributed by atoms with Gasteiger partial charge in [0, 0.05) is 24.3 Å². The predicted molar refractivity (Wildman–Crippen MR) is 105 cm³/mol. The van der Waals surface area contributed by atoms with Crippen molar-refractivity contribution in [3.63, 3.8) is 0 Å². The third kappa shape index (κ3) is 4.33. The highest BCUT2D eigenvalue weighted by Gasteiger charge is 2.19. The summed E-state index contributed by atoms with van der Waals surface area (Å²) in [7, 11) is 1.36. The second-order valence-corrected chi connectivity index (χ2v) is 6.42. The maximum atomic E-state index is 14.3. The fourth-order valence-electron chi connectivity index (χ4n) is 3.16. The average molecular weight is 401 g/mol. The molecular formula is C21H21F2N3O3. The Morgan fingerprint density at radius 1 is 1.14 bits per heavy atom. The molecule has 0 spiro atoms. The van der Waals surface area contributed by atoms with Gasteiger partial charge in [0.05, 0.1) is 19.3 Å². The average Bonchev–Trinajstić information content (AvgIpc) is 2.72. The number of rotatable bonds is 7. The first-order valence-corrected chi connectivity index (χ1v) is 9.00. The van der Waals surface area contributed by atoms with Gasteiger partial charge in [0.2, 0.25) is 0 Å². The summed E-state index contributed by atoms with van der Waals surface area (Å²) < 4.78 is 33.6. The summed E-state index contributed by atoms with van der Waals surface area (Å²) >= 11 is 0. The second kappa shape index (κ2) is 8.93. The van der Waals surface area contributed by atoms with Crippen molar-refractivity contribution < 1.29 is 18.6 Å². The standard InChI is InChI=1S/C21H21F2N3O3/c1-29-19-7-4-14(10-18(19)23)20-16(8-9-27)17(11-24)21(28)26(25-20)12-13-2-5-15(22)6-3-13/h2-7,10,27H,8-9,11-12,24H2,1H3. The van der Waals surface area contributed by atoms with E-state index in [1.807, 2.05) is 0 Å². The molecule has 0 bridgehead atoms. The van der Waals surface area contributed by atoms with Gasteiger partial charge < -0.3 is 15.6 Å². The van der Waals surface area contributed by atoms with Gasteiger partial charge in [-0.1, -0.05) is 12.1 Å². The Morgan fingerprint density at radius 3 is 2.45 bits per heavy atom. The molecule has 0 saturated carbocycles. The van der Waals surface area contributed by atoms with Crippen LogP contribution in [0.25, 0.3) is 11.3 Å². The van der Waals surface area contributed by atoms with Crippen LogP contribution in [0.2, 0.25) is 0 Å². The molecule has 0 fully saturated rings. The number of methoxy groups -OCH3 is 1. The zero-order chi connectivity index (χ0) is 21.0. The maximum Gasteiger partial charge on any atom is 0.271 e. The summed E-state index contributed by atoms with van der Waals surface area (Å²) in [4.78, 5) is 12.9. The lowest BCUT2D eigenvalue weighted by molar-refractivity contribution is 0.299. The minimum absolute atomic E-state index is 0.0637. The number of hydrogen-bond acceptors (Lipinski definition) is 5. The molecule has 0 aliphatic carbocycles. The van der Waals surface area contributed by atoms with E-state index in [9.17, 15) is 18.7 Å². The number of benzene rings is 2. The molecule has 0 aliphatic rings. The fraction of sp³-hybridized carbons (Fsp3) is 0.238. The van der Waals surface area contributed by atoms with Gasteiger partial charge in [0.1, 0.15) is 5.82 Å². The molecule has 152 valence electrons. The quantitative estimate of drug-likeness (QED) is 0.634. The fourth-order valence-corrected chi connectivity index (χ4v) is 3.16. The van der Waals surface area contributed by atoms with E-state index in [1.165, 1.54) is 36.1 Å². The van der Waals surface area contributed by atoms with Crippen molar-refractivity contribution in [1.82, 2.24) is 9.78 Å². The number of nitrogens with zero attached hydrogens (tertiary/aromatic N) is 2. The van der Waals surface area contributed by atoms with Gasteiger partial charge in [-0.15, -0.1) is 0 Å². The van der Waals surface area contributed by atoms with Gasteiger partial charge >= 0.3 is 0 Å². The van der Waals surface area contributed by atoms with Crippen molar-refractivity contribution >= 4 is 0 Å². The van der Waals surface area contributed by atoms with Crippen LogP contribution >= 0.6 is 0 Å². The van der Waals surface area contributed by atoms with E-state index in [2.05, 4.69) is 5.10 Å². The zero-order valence-corrected chi connectivity index (χ0v) is 15.9. The molecule has 1 heterocycles. The van der Waals surface area contributed by atoms with Gasteiger partial charge in [0.15, 0.2) is 11.6 Å². The molecule has 0 saturated heterocycles. The van der Waals surface area contributed by atoms with Crippen LogP contribution in [0.1, 0.15) is 16.7 Å². The normalized spacial score (nSPS) is 10.9. The molecule has 0 radical (unpaired) electrons. The van der Waals surface area contributed by atoms with Crippen molar-refractivity contribution in [2.24, 2.45) is 5.73 Å². The SMILES string of the molecule is COc1ccc(-c2nn(Cc3ccc(F)cc3)c(=O)c(CN)c2CCO)cc1F. The molecule has 29 heavy (non-hydrogen) atoms. The highest BCUT2D eigenvalue weighted by atomic mass is 19.1. The Bertz CT molecular complexity index is 1070. The van der Waals surface area contributed by atoms with E-state index in [0.717, 1.165) is 0 Å². The number of hydrogen-bond donors (Lipinski definition) is 2. The lowest BCUT2D eigenvalue weighted by Gasteiger charge is -2.16. The van der Waals surface area contributed by atoms with E-state index in [1.54, 1.807) is 18.2 Å². The summed E-state index contributed by atoms with van der Waals surface area (Å²) in [5, 5.41) is 13.9. The zero-order valence-electron chi connectivity index (χ0n) is 15.9. The Hall–Kier alpha value is -3.10. The third-order valence-corrected chi connectivity index (χ3v) is 4.60. The molecule has 8 heteroatoms. The van der Waals surface area contributed by atoms with Gasteiger partial charge in [-0.05, 0) is 47.9 Å². The summed E-state index contributed by atoms with van der Waals surface area (Å²) in [5.74, 6) is -0.882. The first-order valence-electron chi connectivity index (χ1n) is 9.00. The van der Waals surface area contributed by atoms with Gasteiger partial charge in [-0.2, -0.15) is 5.10 Å². The van der Waals surface area contributed by atoms with Crippen LogP contribution in [0.15, 0.2) is 47.3 Å². The van der Waals surface area contributed by atoms with E-state index in [0.29, 0.717) is 27.9 Å². The molecule has 6 nitrogen and oxygen atoms in total. The van der Waals surface area contributed by atoms with Crippen LogP contribution < -0.4 is 16.0 Å². The van der Waals surface area contributed by atoms with Crippen LogP contribution in [-0.2, 0) is 19.5 Å². The van der Waals surface area contributed by atoms with Gasteiger partial charge in [-0.25, -0.2) is 13.5 Å². The van der Waals surface area contributed by atoms with E-state index >= 15 is 0 Å². The van der Waals surface area contributed by atoms with Crippen LogP contribution in [0, 0.1) is 11.6 Å². The van der Waals surface area contributed by atoms with Gasteiger partial charge in [-0.3, -0.25) is 4.79 Å². The van der Waals surface area contributed by atoms with Crippen LogP contribution in [0.5, 0.6) is 5.75 Å². The number of nitrogens with two attached hydrogens (primary N) is 1. The Morgan fingerprint density at radius 2 is 1.86 bits per heavy atom. The van der Waals surface area contributed by atoms with Crippen LogP contribution in [0.3, 0.4) is 0 Å². The molecule has 0 aliphatic heterocycles. The lowest BCUT2D eigenvalue weighted by atomic mass is 9.99. The Balaban J connectivity index is 2.18. The third-order valence-electron chi connectivity index (χ3n) is 4.60. The van der Waals surface area contributed by atoms with Crippen molar-refractivity contribution in [3.05, 3.63) is 81.1 Å². The van der Waals surface area contributed by atoms with Crippen LogP contribution in [0.4, 0.5) is 8.78 Å². The minimum Gasteiger partial charge on any atom is -0.494 e. The highest BCUT2D eigenvalue weighted by Crippen LogP contribution is 2.27. The number of aliphatic hydroxyl groups excluding tert-OH is 1. The number of ether oxygens (including phenoxy) is 1. The molecule has 3 rings (SSSR count). The largest absolute Gasteiger partial charge is 0.494 e. The van der Waals surface area contributed by atoms with Gasteiger partial charge in [0.25, 0.3) is 5.56 Å². The monoisotopic (exact) mass is 401 g/mol. The molecule has 1 aromatic heterocycles. The molecule has 3 aromatic rings. The van der Waals surface area contributed by atoms with Crippen molar-refractivity contribution in [2.75, 3.05) is 13.7 Å². The number of halogens is 2. The number of aliphatic hydroxyl groups is 1. The molecule has 0 unspecified atom stereocenters. The smallest absolute Gasteiger partial charge is 0.271 e. The second-order valence-electron chi connectivity index (χ2n) is 6.42. The summed E-state index contributed by atoms with van der Waals surface area (Å²) in [6.07, 6.45) is 0.148. The van der Waals surface area contributed by atoms with E-state index < -0.39 is 11.4 Å². The van der Waals surface area contributed by atoms with Crippen LogP contribution in [-0.4, -0.2) is 28.6 Å². The maximum absolute atomic E-state index is 14.3. The Labute approximate surface area is 166 Å². The van der Waals surface area contributed by atoms with E-state index in [-0.39, 0.29) is 37.7 Å². The molecular weight excluding hydrogens is 380 g/mol. The first-order chi connectivity index (χ1) is 14.0. The summed E-state index contributed by atoms with van der Waals surface area (Å²) in [6, 6.07) is 10.0. The number of aromatic nitrogens is 2. The molecule has 0 amide bonds. The minimum atomic E-state index is -0.577. The summed E-state index contributed by atoms with van der Waals surface area (Å²) in [6.45, 7) is -0.190. The topological polar surface area (TPSA) is 90.4 Å². The first kappa shape index (κ1) is 20.6. The summed E-state index contributed by atoms with van der Waals surface area (Å²) in [5.41, 5.74) is 7.63. The Kier molecular flexibility index (Phi) is 6.36. The van der Waals surface area contributed by atoms with Crippen molar-refractivity contribution in [3.8, 4) is 17.0 Å². The molecule has 2 aromatic carbocycles. The highest BCUT2D eigenvalue weighted by molar-refractivity contribution is 5.65. The van der Waals surface area contributed by atoms with Crippen molar-refractivity contribution in [2.45, 2.75) is 19.5 Å². The lowest BCUT2D eigenvalue weighted by Crippen LogP contribution is -2.31. The molecule has 3 N–H and O–H groups in total. The van der Waals surface area contributed by atoms with E-state index in [4.69, 9.17) is 10.5 Å². The predicted octanol–water partition coefficient (Wildman–Crippen LogP) is 2.24.